The zero-order valence-corrected chi connectivity index (χ0v) is 13.4. The molecule has 1 saturated carbocycles. The van der Waals surface area contributed by atoms with Gasteiger partial charge in [0.2, 0.25) is 0 Å². The molecule has 4 nitrogen and oxygen atoms in total. The van der Waals surface area contributed by atoms with Crippen LogP contribution in [-0.2, 0) is 19.1 Å². The van der Waals surface area contributed by atoms with Crippen LogP contribution in [-0.4, -0.2) is 17.7 Å². The van der Waals surface area contributed by atoms with Crippen molar-refractivity contribution in [3.05, 3.63) is 0 Å². The van der Waals surface area contributed by atoms with Crippen LogP contribution in [0.3, 0.4) is 0 Å². The summed E-state index contributed by atoms with van der Waals surface area (Å²) in [6.45, 7) is 4.09. The highest BCUT2D eigenvalue weighted by Gasteiger charge is 2.49. The van der Waals surface area contributed by atoms with Gasteiger partial charge in [0, 0.05) is 12.3 Å². The van der Waals surface area contributed by atoms with Gasteiger partial charge in [-0.1, -0.05) is 39.5 Å². The summed E-state index contributed by atoms with van der Waals surface area (Å²) in [6, 6.07) is 0. The predicted octanol–water partition coefficient (Wildman–Crippen LogP) is 3.97. The van der Waals surface area contributed by atoms with Gasteiger partial charge >= 0.3 is 11.9 Å². The van der Waals surface area contributed by atoms with E-state index in [-0.39, 0.29) is 30.7 Å². The zero-order valence-electron chi connectivity index (χ0n) is 13.4. The van der Waals surface area contributed by atoms with E-state index in [0.717, 1.165) is 25.7 Å². The first-order valence-corrected chi connectivity index (χ1v) is 8.55. The maximum Gasteiger partial charge on any atom is 0.309 e. The lowest BCUT2D eigenvalue weighted by Crippen LogP contribution is -2.48. The van der Waals surface area contributed by atoms with Crippen molar-refractivity contribution in [2.75, 3.05) is 0 Å². The molecule has 0 aromatic rings. The molecule has 1 aliphatic heterocycles. The van der Waals surface area contributed by atoms with Crippen LogP contribution in [0.1, 0.15) is 78.1 Å². The molecule has 120 valence electrons. The fourth-order valence-electron chi connectivity index (χ4n) is 3.93. The van der Waals surface area contributed by atoms with Crippen molar-refractivity contribution in [3.63, 3.8) is 0 Å². The predicted molar refractivity (Wildman–Crippen MR) is 79.4 cm³/mol. The molecular formula is C17H28O4. The van der Waals surface area contributed by atoms with Crippen LogP contribution in [0.15, 0.2) is 0 Å². The Morgan fingerprint density at radius 3 is 2.10 bits per heavy atom. The van der Waals surface area contributed by atoms with Gasteiger partial charge in [-0.15, -0.1) is 0 Å². The molecule has 0 spiro atoms. The number of cyclic esters (lactones) is 2. The zero-order chi connectivity index (χ0) is 15.3. The molecule has 0 bridgehead atoms. The van der Waals surface area contributed by atoms with Gasteiger partial charge in [0.05, 0.1) is 12.8 Å². The first-order chi connectivity index (χ1) is 10.1. The van der Waals surface area contributed by atoms with E-state index in [9.17, 15) is 9.59 Å². The number of esters is 2. The minimum absolute atomic E-state index is 0.138. The van der Waals surface area contributed by atoms with Gasteiger partial charge in [-0.2, -0.15) is 0 Å². The fourth-order valence-corrected chi connectivity index (χ4v) is 3.93. The Hall–Kier alpha value is -1.06. The Balaban J connectivity index is 2.26. The second kappa shape index (κ2) is 7.28. The summed E-state index contributed by atoms with van der Waals surface area (Å²) in [6.07, 6.45) is 8.84. The van der Waals surface area contributed by atoms with Gasteiger partial charge in [-0.05, 0) is 25.2 Å². The summed E-state index contributed by atoms with van der Waals surface area (Å²) < 4.78 is 11.4. The Morgan fingerprint density at radius 2 is 1.62 bits per heavy atom. The second-order valence-corrected chi connectivity index (χ2v) is 6.41. The topological polar surface area (TPSA) is 52.6 Å². The van der Waals surface area contributed by atoms with Crippen LogP contribution in [0.25, 0.3) is 0 Å². The van der Waals surface area contributed by atoms with E-state index in [1.807, 2.05) is 6.92 Å². The average Bonchev–Trinajstić information content (AvgIpc) is 2.65. The van der Waals surface area contributed by atoms with E-state index >= 15 is 0 Å². The van der Waals surface area contributed by atoms with Crippen LogP contribution in [0, 0.1) is 11.8 Å². The summed E-state index contributed by atoms with van der Waals surface area (Å²) in [5, 5.41) is 0. The SMILES string of the molecule is CCCC(C1CCCCC1)C1(CC)OC(=O)CCC(=O)O1. The van der Waals surface area contributed by atoms with E-state index in [1.54, 1.807) is 0 Å². The van der Waals surface area contributed by atoms with E-state index < -0.39 is 5.79 Å². The van der Waals surface area contributed by atoms with Gasteiger partial charge in [-0.3, -0.25) is 9.59 Å². The molecule has 1 aliphatic carbocycles. The highest BCUT2D eigenvalue weighted by molar-refractivity contribution is 5.79. The van der Waals surface area contributed by atoms with Crippen molar-refractivity contribution < 1.29 is 19.1 Å². The van der Waals surface area contributed by atoms with E-state index in [0.29, 0.717) is 12.3 Å². The minimum atomic E-state index is -1.03. The first kappa shape index (κ1) is 16.3. The van der Waals surface area contributed by atoms with Crippen LogP contribution >= 0.6 is 0 Å². The quantitative estimate of drug-likeness (QED) is 0.720. The maximum atomic E-state index is 11.9. The van der Waals surface area contributed by atoms with E-state index in [4.69, 9.17) is 9.47 Å². The lowest BCUT2D eigenvalue weighted by molar-refractivity contribution is -0.252. The lowest BCUT2D eigenvalue weighted by Gasteiger charge is -2.42. The molecule has 0 radical (unpaired) electrons. The normalized spacial score (nSPS) is 24.9. The number of carbonyl (C=O) groups excluding carboxylic acids is 2. The highest BCUT2D eigenvalue weighted by atomic mass is 16.7. The Bertz CT molecular complexity index is 353. The molecule has 21 heavy (non-hydrogen) atoms. The molecule has 2 aliphatic rings. The van der Waals surface area contributed by atoms with Gasteiger partial charge in [0.1, 0.15) is 0 Å². The third kappa shape index (κ3) is 3.78. The van der Waals surface area contributed by atoms with Crippen molar-refractivity contribution >= 4 is 11.9 Å². The van der Waals surface area contributed by atoms with Crippen LogP contribution in [0.2, 0.25) is 0 Å². The number of hydrogen-bond acceptors (Lipinski definition) is 4. The third-order valence-corrected chi connectivity index (χ3v) is 4.98. The molecule has 2 rings (SSSR count). The van der Waals surface area contributed by atoms with Crippen molar-refractivity contribution in [1.29, 1.82) is 0 Å². The Labute approximate surface area is 127 Å². The third-order valence-electron chi connectivity index (χ3n) is 4.98. The lowest BCUT2D eigenvalue weighted by atomic mass is 9.73. The van der Waals surface area contributed by atoms with Crippen molar-refractivity contribution in [2.24, 2.45) is 11.8 Å². The fraction of sp³-hybridized carbons (Fsp3) is 0.882. The smallest absolute Gasteiger partial charge is 0.309 e. The van der Waals surface area contributed by atoms with Gasteiger partial charge in [-0.25, -0.2) is 0 Å². The standard InChI is InChI=1S/C17H28O4/c1-3-8-14(13-9-6-5-7-10-13)17(4-2)20-15(18)11-12-16(19)21-17/h13-14H,3-12H2,1-2H3. The summed E-state index contributed by atoms with van der Waals surface area (Å²) in [4.78, 5) is 23.9. The molecule has 0 N–H and O–H groups in total. The van der Waals surface area contributed by atoms with Crippen LogP contribution in [0.4, 0.5) is 0 Å². The largest absolute Gasteiger partial charge is 0.422 e. The Kier molecular flexibility index (Phi) is 5.65. The monoisotopic (exact) mass is 296 g/mol. The number of rotatable bonds is 5. The van der Waals surface area contributed by atoms with Crippen molar-refractivity contribution in [3.8, 4) is 0 Å². The summed E-state index contributed by atoms with van der Waals surface area (Å²) >= 11 is 0. The van der Waals surface area contributed by atoms with Gasteiger partial charge < -0.3 is 9.47 Å². The molecule has 1 saturated heterocycles. The molecular weight excluding hydrogens is 268 g/mol. The number of carbonyl (C=O) groups is 2. The van der Waals surface area contributed by atoms with Crippen molar-refractivity contribution in [2.45, 2.75) is 83.8 Å². The molecule has 1 unspecified atom stereocenters. The number of hydrogen-bond donors (Lipinski definition) is 0. The first-order valence-electron chi connectivity index (χ1n) is 8.55. The molecule has 0 amide bonds. The van der Waals surface area contributed by atoms with Gasteiger partial charge in [0.15, 0.2) is 0 Å². The summed E-state index contributed by atoms with van der Waals surface area (Å²) in [5.74, 6) is -0.974. The van der Waals surface area contributed by atoms with Crippen LogP contribution in [0.5, 0.6) is 0 Å². The Morgan fingerprint density at radius 1 is 1.05 bits per heavy atom. The minimum Gasteiger partial charge on any atom is -0.422 e. The maximum absolute atomic E-state index is 11.9. The molecule has 0 aromatic carbocycles. The second-order valence-electron chi connectivity index (χ2n) is 6.41. The summed E-state index contributed by atoms with van der Waals surface area (Å²) in [7, 11) is 0. The number of ether oxygens (including phenoxy) is 2. The van der Waals surface area contributed by atoms with Gasteiger partial charge in [0.25, 0.3) is 5.79 Å². The summed E-state index contributed by atoms with van der Waals surface area (Å²) in [5.41, 5.74) is 0. The molecule has 2 fully saturated rings. The molecule has 1 atom stereocenters. The van der Waals surface area contributed by atoms with Crippen molar-refractivity contribution in [1.82, 2.24) is 0 Å². The molecule has 4 heteroatoms. The highest BCUT2D eigenvalue weighted by Crippen LogP contribution is 2.43. The van der Waals surface area contributed by atoms with E-state index in [1.165, 1.54) is 19.3 Å². The average molecular weight is 296 g/mol. The molecule has 1 heterocycles. The molecule has 0 aromatic heterocycles. The van der Waals surface area contributed by atoms with Crippen LogP contribution < -0.4 is 0 Å². The van der Waals surface area contributed by atoms with E-state index in [2.05, 4.69) is 6.92 Å².